The number of hydrogen-bond donors (Lipinski definition) is 2. The molecule has 1 amide bonds. The molecule has 0 bridgehead atoms. The second-order valence-electron chi connectivity index (χ2n) is 4.52. The van der Waals surface area contributed by atoms with Crippen LogP contribution in [-0.4, -0.2) is 41.4 Å². The number of aromatic nitrogens is 2. The van der Waals surface area contributed by atoms with E-state index in [9.17, 15) is 14.0 Å². The molecule has 0 saturated heterocycles. The minimum absolute atomic E-state index is 0.137. The SMILES string of the molecule is CNC(=O)CN(C)Cc1nc2cc(F)ccc2c(=O)[nH]1. The number of H-pyrrole nitrogens is 1. The fourth-order valence-electron chi connectivity index (χ4n) is 1.87. The smallest absolute Gasteiger partial charge is 0.258 e. The maximum atomic E-state index is 13.2. The molecule has 0 radical (unpaired) electrons. The summed E-state index contributed by atoms with van der Waals surface area (Å²) >= 11 is 0. The van der Waals surface area contributed by atoms with Crippen LogP contribution in [0.15, 0.2) is 23.0 Å². The Balaban J connectivity index is 2.27. The molecule has 1 aromatic carbocycles. The largest absolute Gasteiger partial charge is 0.358 e. The van der Waals surface area contributed by atoms with Gasteiger partial charge in [-0.2, -0.15) is 0 Å². The number of carbonyl (C=O) groups excluding carboxylic acids is 1. The summed E-state index contributed by atoms with van der Waals surface area (Å²) in [5.41, 5.74) is -0.0181. The van der Waals surface area contributed by atoms with Crippen LogP contribution in [0.2, 0.25) is 0 Å². The normalized spacial score (nSPS) is 11.0. The van der Waals surface area contributed by atoms with E-state index in [2.05, 4.69) is 15.3 Å². The van der Waals surface area contributed by atoms with Gasteiger partial charge in [-0.05, 0) is 19.2 Å². The van der Waals surface area contributed by atoms with Crippen LogP contribution in [0.1, 0.15) is 5.82 Å². The Morgan fingerprint density at radius 3 is 2.95 bits per heavy atom. The quantitative estimate of drug-likeness (QED) is 0.840. The lowest BCUT2D eigenvalue weighted by Crippen LogP contribution is -2.33. The predicted octanol–water partition coefficient (Wildman–Crippen LogP) is 0.240. The van der Waals surface area contributed by atoms with Crippen LogP contribution in [0.25, 0.3) is 10.9 Å². The summed E-state index contributed by atoms with van der Waals surface area (Å²) in [6.07, 6.45) is 0. The number of nitrogens with one attached hydrogen (secondary N) is 2. The molecule has 2 rings (SSSR count). The third kappa shape index (κ3) is 3.18. The van der Waals surface area contributed by atoms with Crippen LogP contribution in [0.4, 0.5) is 4.39 Å². The van der Waals surface area contributed by atoms with Gasteiger partial charge in [0, 0.05) is 13.1 Å². The minimum atomic E-state index is -0.444. The Hall–Kier alpha value is -2.28. The number of halogens is 1. The lowest BCUT2D eigenvalue weighted by molar-refractivity contribution is -0.121. The van der Waals surface area contributed by atoms with Gasteiger partial charge in [0.1, 0.15) is 11.6 Å². The molecule has 20 heavy (non-hydrogen) atoms. The predicted molar refractivity (Wildman–Crippen MR) is 72.7 cm³/mol. The number of amides is 1. The van der Waals surface area contributed by atoms with Crippen molar-refractivity contribution >= 4 is 16.8 Å². The fourth-order valence-corrected chi connectivity index (χ4v) is 1.87. The Bertz CT molecular complexity index is 698. The molecule has 0 aliphatic carbocycles. The number of likely N-dealkylation sites (N-methyl/N-ethyl adjacent to an activating group) is 2. The molecule has 2 aromatic rings. The average molecular weight is 278 g/mol. The van der Waals surface area contributed by atoms with E-state index in [-0.39, 0.29) is 24.6 Å². The lowest BCUT2D eigenvalue weighted by atomic mass is 10.2. The molecule has 0 unspecified atom stereocenters. The molecule has 7 heteroatoms. The highest BCUT2D eigenvalue weighted by Gasteiger charge is 2.09. The van der Waals surface area contributed by atoms with Crippen molar-refractivity contribution in [1.29, 1.82) is 0 Å². The van der Waals surface area contributed by atoms with Crippen molar-refractivity contribution in [3.8, 4) is 0 Å². The van der Waals surface area contributed by atoms with Crippen LogP contribution in [0, 0.1) is 5.82 Å². The average Bonchev–Trinajstić information content (AvgIpc) is 2.37. The molecular weight excluding hydrogens is 263 g/mol. The fraction of sp³-hybridized carbons (Fsp3) is 0.308. The van der Waals surface area contributed by atoms with Crippen molar-refractivity contribution in [3.63, 3.8) is 0 Å². The number of hydrogen-bond acceptors (Lipinski definition) is 4. The third-order valence-electron chi connectivity index (χ3n) is 2.83. The number of fused-ring (bicyclic) bond motifs is 1. The number of carbonyl (C=O) groups is 1. The second-order valence-corrected chi connectivity index (χ2v) is 4.52. The van der Waals surface area contributed by atoms with Gasteiger partial charge < -0.3 is 10.3 Å². The van der Waals surface area contributed by atoms with Crippen molar-refractivity contribution in [2.75, 3.05) is 20.6 Å². The van der Waals surface area contributed by atoms with Gasteiger partial charge in [0.2, 0.25) is 5.91 Å². The van der Waals surface area contributed by atoms with Gasteiger partial charge in [-0.3, -0.25) is 14.5 Å². The van der Waals surface area contributed by atoms with Crippen molar-refractivity contribution < 1.29 is 9.18 Å². The van der Waals surface area contributed by atoms with Gasteiger partial charge >= 0.3 is 0 Å². The van der Waals surface area contributed by atoms with Crippen molar-refractivity contribution in [3.05, 3.63) is 40.2 Å². The topological polar surface area (TPSA) is 78.1 Å². The van der Waals surface area contributed by atoms with Crippen LogP contribution in [0.3, 0.4) is 0 Å². The van der Waals surface area contributed by atoms with Crippen LogP contribution >= 0.6 is 0 Å². The molecule has 106 valence electrons. The molecule has 1 heterocycles. The first-order valence-corrected chi connectivity index (χ1v) is 6.07. The molecule has 0 saturated carbocycles. The monoisotopic (exact) mass is 278 g/mol. The molecule has 0 aliphatic rings. The van der Waals surface area contributed by atoms with Gasteiger partial charge in [-0.25, -0.2) is 9.37 Å². The number of nitrogens with zero attached hydrogens (tertiary/aromatic N) is 2. The van der Waals surface area contributed by atoms with E-state index in [1.54, 1.807) is 19.0 Å². The highest BCUT2D eigenvalue weighted by Crippen LogP contribution is 2.09. The summed E-state index contributed by atoms with van der Waals surface area (Å²) in [5.74, 6) is -0.193. The molecule has 0 atom stereocenters. The summed E-state index contributed by atoms with van der Waals surface area (Å²) < 4.78 is 13.2. The first kappa shape index (κ1) is 14.1. The van der Waals surface area contributed by atoms with Crippen LogP contribution in [0.5, 0.6) is 0 Å². The van der Waals surface area contributed by atoms with Crippen molar-refractivity contribution in [2.45, 2.75) is 6.54 Å². The van der Waals surface area contributed by atoms with E-state index in [0.717, 1.165) is 0 Å². The lowest BCUT2D eigenvalue weighted by Gasteiger charge is -2.14. The summed E-state index contributed by atoms with van der Waals surface area (Å²) in [6.45, 7) is 0.469. The molecule has 1 aromatic heterocycles. The Morgan fingerprint density at radius 2 is 2.25 bits per heavy atom. The van der Waals surface area contributed by atoms with Crippen molar-refractivity contribution in [2.24, 2.45) is 0 Å². The second kappa shape index (κ2) is 5.79. The van der Waals surface area contributed by atoms with E-state index in [1.807, 2.05) is 0 Å². The maximum absolute atomic E-state index is 13.2. The standard InChI is InChI=1S/C13H15FN4O2/c1-15-12(19)7-18(2)6-11-16-10-5-8(14)3-4-9(10)13(20)17-11/h3-5H,6-7H2,1-2H3,(H,15,19)(H,16,17,20). The zero-order valence-corrected chi connectivity index (χ0v) is 11.2. The maximum Gasteiger partial charge on any atom is 0.258 e. The zero-order valence-electron chi connectivity index (χ0n) is 11.2. The van der Waals surface area contributed by atoms with E-state index < -0.39 is 5.82 Å². The molecule has 0 fully saturated rings. The van der Waals surface area contributed by atoms with Crippen LogP contribution < -0.4 is 10.9 Å². The number of rotatable bonds is 4. The van der Waals surface area contributed by atoms with E-state index >= 15 is 0 Å². The van der Waals surface area contributed by atoms with Gasteiger partial charge in [0.15, 0.2) is 0 Å². The Morgan fingerprint density at radius 1 is 1.50 bits per heavy atom. The highest BCUT2D eigenvalue weighted by molar-refractivity contribution is 5.78. The van der Waals surface area contributed by atoms with Crippen LogP contribution in [-0.2, 0) is 11.3 Å². The van der Waals surface area contributed by atoms with E-state index in [4.69, 9.17) is 0 Å². The summed E-state index contributed by atoms with van der Waals surface area (Å²) in [5, 5.41) is 2.84. The first-order valence-electron chi connectivity index (χ1n) is 6.07. The zero-order chi connectivity index (χ0) is 14.7. The third-order valence-corrected chi connectivity index (χ3v) is 2.83. The summed E-state index contributed by atoms with van der Waals surface area (Å²) in [7, 11) is 3.28. The molecular formula is C13H15FN4O2. The van der Waals surface area contributed by atoms with Gasteiger partial charge in [0.25, 0.3) is 5.56 Å². The summed E-state index contributed by atoms with van der Waals surface area (Å²) in [4.78, 5) is 31.6. The van der Waals surface area contributed by atoms with Gasteiger partial charge in [-0.1, -0.05) is 0 Å². The Kier molecular flexibility index (Phi) is 4.09. The molecule has 0 aliphatic heterocycles. The van der Waals surface area contributed by atoms with E-state index in [1.165, 1.54) is 18.2 Å². The molecule has 6 nitrogen and oxygen atoms in total. The molecule has 2 N–H and O–H groups in total. The first-order chi connectivity index (χ1) is 9.49. The summed E-state index contributed by atoms with van der Waals surface area (Å²) in [6, 6.07) is 3.83. The number of aromatic amines is 1. The molecule has 0 spiro atoms. The Labute approximate surface area is 114 Å². The minimum Gasteiger partial charge on any atom is -0.358 e. The van der Waals surface area contributed by atoms with Gasteiger partial charge in [0.05, 0.1) is 24.0 Å². The van der Waals surface area contributed by atoms with Crippen molar-refractivity contribution in [1.82, 2.24) is 20.2 Å². The van der Waals surface area contributed by atoms with E-state index in [0.29, 0.717) is 16.7 Å². The number of benzene rings is 1. The highest BCUT2D eigenvalue weighted by atomic mass is 19.1. The van der Waals surface area contributed by atoms with Gasteiger partial charge in [-0.15, -0.1) is 0 Å².